The van der Waals surface area contributed by atoms with Gasteiger partial charge in [0.05, 0.1) is 12.2 Å². The van der Waals surface area contributed by atoms with Crippen LogP contribution in [0.4, 0.5) is 11.4 Å². The lowest BCUT2D eigenvalue weighted by Crippen LogP contribution is -2.13. The van der Waals surface area contributed by atoms with Crippen LogP contribution >= 0.6 is 0 Å². The van der Waals surface area contributed by atoms with Gasteiger partial charge in [0.1, 0.15) is 0 Å². The first-order valence-electron chi connectivity index (χ1n) is 7.17. The van der Waals surface area contributed by atoms with E-state index in [0.717, 1.165) is 17.1 Å². The zero-order valence-electron chi connectivity index (χ0n) is 12.5. The third-order valence-electron chi connectivity index (χ3n) is 2.96. The Kier molecular flexibility index (Phi) is 5.32. The number of anilines is 2. The molecule has 0 aliphatic carbocycles. The number of hydrogen-bond acceptors (Lipinski definition) is 3. The van der Waals surface area contributed by atoms with Gasteiger partial charge in [0, 0.05) is 24.0 Å². The molecule has 2 aromatic rings. The quantitative estimate of drug-likeness (QED) is 0.850. The van der Waals surface area contributed by atoms with Crippen LogP contribution in [0.2, 0.25) is 0 Å². The lowest BCUT2D eigenvalue weighted by molar-refractivity contribution is -0.116. The van der Waals surface area contributed by atoms with E-state index in [1.54, 1.807) is 6.20 Å². The Bertz CT molecular complexity index is 564. The smallest absolute Gasteiger partial charge is 0.224 e. The van der Waals surface area contributed by atoms with Crippen LogP contribution in [0, 0.1) is 5.92 Å². The molecule has 110 valence electrons. The Morgan fingerprint density at radius 3 is 2.43 bits per heavy atom. The molecule has 2 N–H and O–H groups in total. The average molecular weight is 283 g/mol. The molecule has 0 spiro atoms. The third-order valence-corrected chi connectivity index (χ3v) is 2.96. The van der Waals surface area contributed by atoms with Crippen molar-refractivity contribution >= 4 is 17.3 Å². The summed E-state index contributed by atoms with van der Waals surface area (Å²) >= 11 is 0. The third kappa shape index (κ3) is 5.26. The van der Waals surface area contributed by atoms with Crippen LogP contribution in [-0.2, 0) is 11.3 Å². The van der Waals surface area contributed by atoms with Crippen molar-refractivity contribution in [2.75, 3.05) is 10.6 Å². The van der Waals surface area contributed by atoms with Gasteiger partial charge in [-0.2, -0.15) is 0 Å². The van der Waals surface area contributed by atoms with E-state index >= 15 is 0 Å². The monoisotopic (exact) mass is 283 g/mol. The first-order valence-corrected chi connectivity index (χ1v) is 7.17. The molecule has 1 aromatic heterocycles. The number of nitrogens with one attached hydrogen (secondary N) is 2. The molecule has 1 amide bonds. The molecule has 2 rings (SSSR count). The van der Waals surface area contributed by atoms with Crippen molar-refractivity contribution in [2.45, 2.75) is 26.8 Å². The summed E-state index contributed by atoms with van der Waals surface area (Å²) in [6.45, 7) is 4.74. The second-order valence-electron chi connectivity index (χ2n) is 5.40. The minimum atomic E-state index is 0.0548. The molecule has 0 saturated carbocycles. The van der Waals surface area contributed by atoms with Gasteiger partial charge in [0.2, 0.25) is 5.91 Å². The van der Waals surface area contributed by atoms with Gasteiger partial charge in [-0.25, -0.2) is 0 Å². The first-order chi connectivity index (χ1) is 10.1. The topological polar surface area (TPSA) is 54.0 Å². The Labute approximate surface area is 125 Å². The Morgan fingerprint density at radius 2 is 1.81 bits per heavy atom. The summed E-state index contributed by atoms with van der Waals surface area (Å²) in [7, 11) is 0. The van der Waals surface area contributed by atoms with Crippen molar-refractivity contribution in [3.63, 3.8) is 0 Å². The second kappa shape index (κ2) is 7.43. The molecule has 0 radical (unpaired) electrons. The summed E-state index contributed by atoms with van der Waals surface area (Å²) in [5, 5.41) is 6.19. The van der Waals surface area contributed by atoms with E-state index in [0.29, 0.717) is 18.9 Å². The van der Waals surface area contributed by atoms with Crippen LogP contribution < -0.4 is 10.6 Å². The number of carbonyl (C=O) groups excluding carboxylic acids is 1. The molecule has 0 bridgehead atoms. The fraction of sp³-hybridized carbons (Fsp3) is 0.294. The molecule has 0 unspecified atom stereocenters. The number of nitrogens with zero attached hydrogens (tertiary/aromatic N) is 1. The Hall–Kier alpha value is -2.36. The number of aromatic nitrogens is 1. The van der Waals surface area contributed by atoms with Crippen molar-refractivity contribution < 1.29 is 4.79 Å². The van der Waals surface area contributed by atoms with Crippen LogP contribution in [-0.4, -0.2) is 10.9 Å². The molecular weight excluding hydrogens is 262 g/mol. The molecule has 0 atom stereocenters. The summed E-state index contributed by atoms with van der Waals surface area (Å²) in [4.78, 5) is 15.9. The Morgan fingerprint density at radius 1 is 1.10 bits per heavy atom. The van der Waals surface area contributed by atoms with Crippen LogP contribution in [0.5, 0.6) is 0 Å². The minimum Gasteiger partial charge on any atom is -0.379 e. The predicted octanol–water partition coefficient (Wildman–Crippen LogP) is 3.68. The van der Waals surface area contributed by atoms with Gasteiger partial charge in [0.25, 0.3) is 0 Å². The Balaban J connectivity index is 1.86. The van der Waals surface area contributed by atoms with E-state index in [1.165, 1.54) is 0 Å². The highest BCUT2D eigenvalue weighted by molar-refractivity contribution is 5.90. The predicted molar refractivity (Wildman–Crippen MR) is 86.1 cm³/mol. The van der Waals surface area contributed by atoms with Gasteiger partial charge in [-0.15, -0.1) is 0 Å². The van der Waals surface area contributed by atoms with Crippen molar-refractivity contribution in [1.29, 1.82) is 0 Å². The fourth-order valence-corrected chi connectivity index (χ4v) is 1.95. The number of amides is 1. The maximum atomic E-state index is 11.7. The zero-order valence-corrected chi connectivity index (χ0v) is 12.5. The van der Waals surface area contributed by atoms with E-state index in [2.05, 4.69) is 15.6 Å². The van der Waals surface area contributed by atoms with E-state index in [4.69, 9.17) is 0 Å². The maximum Gasteiger partial charge on any atom is 0.224 e. The van der Waals surface area contributed by atoms with Gasteiger partial charge in [0.15, 0.2) is 0 Å². The highest BCUT2D eigenvalue weighted by Gasteiger charge is 2.05. The second-order valence-corrected chi connectivity index (χ2v) is 5.40. The summed E-state index contributed by atoms with van der Waals surface area (Å²) in [5.41, 5.74) is 2.82. The van der Waals surface area contributed by atoms with Gasteiger partial charge in [-0.1, -0.05) is 19.9 Å². The van der Waals surface area contributed by atoms with Crippen LogP contribution in [0.25, 0.3) is 0 Å². The van der Waals surface area contributed by atoms with Crippen molar-refractivity contribution in [1.82, 2.24) is 4.98 Å². The first kappa shape index (κ1) is 15.0. The van der Waals surface area contributed by atoms with Crippen LogP contribution in [0.3, 0.4) is 0 Å². The highest BCUT2D eigenvalue weighted by atomic mass is 16.1. The van der Waals surface area contributed by atoms with Crippen molar-refractivity contribution in [3.8, 4) is 0 Å². The van der Waals surface area contributed by atoms with E-state index in [-0.39, 0.29) is 5.91 Å². The van der Waals surface area contributed by atoms with E-state index in [9.17, 15) is 4.79 Å². The average Bonchev–Trinajstić information content (AvgIpc) is 2.47. The highest BCUT2D eigenvalue weighted by Crippen LogP contribution is 2.15. The molecule has 1 heterocycles. The minimum absolute atomic E-state index is 0.0548. The molecule has 0 fully saturated rings. The molecule has 1 aromatic carbocycles. The molecule has 0 aliphatic rings. The molecule has 0 saturated heterocycles. The SMILES string of the molecule is CC(C)CC(=O)Nc1ccc(NCc2ccccn2)cc1. The molecule has 4 nitrogen and oxygen atoms in total. The van der Waals surface area contributed by atoms with Crippen molar-refractivity contribution in [2.24, 2.45) is 5.92 Å². The number of pyridine rings is 1. The van der Waals surface area contributed by atoms with Crippen LogP contribution in [0.15, 0.2) is 48.7 Å². The fourth-order valence-electron chi connectivity index (χ4n) is 1.95. The molecular formula is C17H21N3O. The zero-order chi connectivity index (χ0) is 15.1. The number of rotatable bonds is 6. The summed E-state index contributed by atoms with van der Waals surface area (Å²) in [6, 6.07) is 13.6. The lowest BCUT2D eigenvalue weighted by Gasteiger charge is -2.09. The van der Waals surface area contributed by atoms with Gasteiger partial charge in [-0.05, 0) is 42.3 Å². The van der Waals surface area contributed by atoms with E-state index < -0.39 is 0 Å². The molecule has 21 heavy (non-hydrogen) atoms. The number of benzene rings is 1. The standard InChI is InChI=1S/C17H21N3O/c1-13(2)11-17(21)20-15-8-6-14(7-9-15)19-12-16-5-3-4-10-18-16/h3-10,13,19H,11-12H2,1-2H3,(H,20,21). The summed E-state index contributed by atoms with van der Waals surface area (Å²) < 4.78 is 0. The number of hydrogen-bond donors (Lipinski definition) is 2. The summed E-state index contributed by atoms with van der Waals surface area (Å²) in [6.07, 6.45) is 2.32. The maximum absolute atomic E-state index is 11.7. The van der Waals surface area contributed by atoms with Crippen molar-refractivity contribution in [3.05, 3.63) is 54.4 Å². The lowest BCUT2D eigenvalue weighted by atomic mass is 10.1. The van der Waals surface area contributed by atoms with Crippen LogP contribution in [0.1, 0.15) is 26.0 Å². The number of carbonyl (C=O) groups is 1. The molecule has 0 aliphatic heterocycles. The van der Waals surface area contributed by atoms with Gasteiger partial charge in [-0.3, -0.25) is 9.78 Å². The van der Waals surface area contributed by atoms with Gasteiger partial charge < -0.3 is 10.6 Å². The largest absolute Gasteiger partial charge is 0.379 e. The normalized spacial score (nSPS) is 10.4. The summed E-state index contributed by atoms with van der Waals surface area (Å²) in [5.74, 6) is 0.420. The van der Waals surface area contributed by atoms with Gasteiger partial charge >= 0.3 is 0 Å². The van der Waals surface area contributed by atoms with E-state index in [1.807, 2.05) is 56.3 Å². The molecule has 4 heteroatoms.